The molecule has 1 heteroatoms. The molecule has 0 radical (unpaired) electrons. The van der Waals surface area contributed by atoms with E-state index in [1.54, 1.807) is 0 Å². The molecular weight excluding hydrogens is 79.0 g/mol. The van der Waals surface area contributed by atoms with Gasteiger partial charge in [0, 0.05) is 0 Å². The van der Waals surface area contributed by atoms with E-state index in [2.05, 4.69) is 16.2 Å². The Balaban J connectivity index is 2.20. The van der Waals surface area contributed by atoms with E-state index in [-0.39, 0.29) is 0 Å². The summed E-state index contributed by atoms with van der Waals surface area (Å²) < 4.78 is 0. The van der Waals surface area contributed by atoms with Gasteiger partial charge in [0.1, 0.15) is 0 Å². The van der Waals surface area contributed by atoms with Crippen LogP contribution in [0.25, 0.3) is 0 Å². The molecular formula is C4H9P. The zero-order chi connectivity index (χ0) is 3.86. The number of hydrogen-bond donors (Lipinski definition) is 0. The van der Waals surface area contributed by atoms with Crippen molar-refractivity contribution in [2.24, 2.45) is 5.92 Å². The normalized spacial score (nSPS) is 49.2. The summed E-state index contributed by atoms with van der Waals surface area (Å²) in [5, 5.41) is 0. The van der Waals surface area contributed by atoms with Crippen molar-refractivity contribution in [3.8, 4) is 0 Å². The van der Waals surface area contributed by atoms with Crippen LogP contribution in [0.1, 0.15) is 13.3 Å². The van der Waals surface area contributed by atoms with Gasteiger partial charge in [-0.25, -0.2) is 0 Å². The van der Waals surface area contributed by atoms with Crippen molar-refractivity contribution in [2.75, 3.05) is 0 Å². The first-order valence-electron chi connectivity index (χ1n) is 2.06. The maximum absolute atomic E-state index is 2.81. The lowest BCUT2D eigenvalue weighted by Crippen LogP contribution is -1.59. The zero-order valence-corrected chi connectivity index (χ0v) is 4.59. The molecule has 1 rings (SSSR count). The molecule has 1 aliphatic carbocycles. The summed E-state index contributed by atoms with van der Waals surface area (Å²) >= 11 is 0. The Morgan fingerprint density at radius 2 is 2.00 bits per heavy atom. The summed E-state index contributed by atoms with van der Waals surface area (Å²) in [5.74, 6) is 1.01. The average Bonchev–Trinajstić information content (AvgIpc) is 1.79. The minimum absolute atomic E-state index is 0.968. The summed E-state index contributed by atoms with van der Waals surface area (Å²) in [6, 6.07) is 0. The molecule has 0 saturated heterocycles. The third kappa shape index (κ3) is 0.633. The average molecular weight is 88.1 g/mol. The van der Waals surface area contributed by atoms with Crippen molar-refractivity contribution in [1.29, 1.82) is 0 Å². The highest BCUT2D eigenvalue weighted by atomic mass is 31.0. The molecule has 1 aliphatic rings. The highest BCUT2D eigenvalue weighted by Crippen LogP contribution is 2.36. The van der Waals surface area contributed by atoms with Crippen molar-refractivity contribution in [3.05, 3.63) is 0 Å². The summed E-state index contributed by atoms with van der Waals surface area (Å²) in [5.41, 5.74) is 0.968. The van der Waals surface area contributed by atoms with Crippen LogP contribution in [0.5, 0.6) is 0 Å². The largest absolute Gasteiger partial charge is 0.134 e. The van der Waals surface area contributed by atoms with Gasteiger partial charge in [0.2, 0.25) is 0 Å². The van der Waals surface area contributed by atoms with Gasteiger partial charge in [-0.05, 0) is 18.0 Å². The van der Waals surface area contributed by atoms with E-state index in [4.69, 9.17) is 0 Å². The van der Waals surface area contributed by atoms with Crippen LogP contribution in [0.15, 0.2) is 0 Å². The SMILES string of the molecule is CC1CC1P. The molecule has 5 heavy (non-hydrogen) atoms. The van der Waals surface area contributed by atoms with Crippen LogP contribution in [0, 0.1) is 5.92 Å². The molecule has 0 amide bonds. The minimum Gasteiger partial charge on any atom is -0.134 e. The lowest BCUT2D eigenvalue weighted by molar-refractivity contribution is 0.988. The van der Waals surface area contributed by atoms with Gasteiger partial charge in [-0.2, -0.15) is 0 Å². The van der Waals surface area contributed by atoms with Gasteiger partial charge in [-0.15, -0.1) is 9.24 Å². The molecule has 0 nitrogen and oxygen atoms in total. The standard InChI is InChI=1S/C4H9P/c1-3-2-4(3)5/h3-4H,2,5H2,1H3. The highest BCUT2D eigenvalue weighted by molar-refractivity contribution is 7.18. The molecule has 30 valence electrons. The van der Waals surface area contributed by atoms with Crippen LogP contribution < -0.4 is 0 Å². The molecule has 3 unspecified atom stereocenters. The predicted octanol–water partition coefficient (Wildman–Crippen LogP) is 1.27. The maximum Gasteiger partial charge on any atom is -0.0236 e. The fourth-order valence-corrected chi connectivity index (χ4v) is 0.780. The van der Waals surface area contributed by atoms with Crippen molar-refractivity contribution >= 4 is 9.24 Å². The summed E-state index contributed by atoms with van der Waals surface area (Å²) in [4.78, 5) is 0. The fourth-order valence-electron chi connectivity index (χ4n) is 0.351. The van der Waals surface area contributed by atoms with Crippen molar-refractivity contribution in [3.63, 3.8) is 0 Å². The molecule has 0 spiro atoms. The van der Waals surface area contributed by atoms with Gasteiger partial charge >= 0.3 is 0 Å². The molecule has 0 aromatic rings. The van der Waals surface area contributed by atoms with E-state index in [0.717, 1.165) is 11.6 Å². The van der Waals surface area contributed by atoms with Crippen LogP contribution in [0.4, 0.5) is 0 Å². The predicted molar refractivity (Wildman–Crippen MR) is 27.3 cm³/mol. The quantitative estimate of drug-likeness (QED) is 0.391. The third-order valence-electron chi connectivity index (χ3n) is 1.17. The van der Waals surface area contributed by atoms with E-state index in [9.17, 15) is 0 Å². The summed E-state index contributed by atoms with van der Waals surface area (Å²) in [6.45, 7) is 2.28. The molecule has 0 heterocycles. The second kappa shape index (κ2) is 0.944. The summed E-state index contributed by atoms with van der Waals surface area (Å²) in [6.07, 6.45) is 1.44. The van der Waals surface area contributed by atoms with E-state index in [1.165, 1.54) is 6.42 Å². The second-order valence-electron chi connectivity index (χ2n) is 1.88. The summed E-state index contributed by atoms with van der Waals surface area (Å²) in [7, 11) is 2.81. The number of rotatable bonds is 0. The Labute approximate surface area is 35.2 Å². The lowest BCUT2D eigenvalue weighted by Gasteiger charge is -1.67. The van der Waals surface area contributed by atoms with Crippen LogP contribution in [0.2, 0.25) is 0 Å². The Morgan fingerprint density at radius 3 is 2.00 bits per heavy atom. The lowest BCUT2D eigenvalue weighted by atomic mass is 10.5. The van der Waals surface area contributed by atoms with E-state index in [1.807, 2.05) is 0 Å². The van der Waals surface area contributed by atoms with Gasteiger partial charge in [-0.1, -0.05) is 6.92 Å². The minimum atomic E-state index is 0.968. The van der Waals surface area contributed by atoms with E-state index in [0.29, 0.717) is 0 Å². The van der Waals surface area contributed by atoms with Crippen molar-refractivity contribution in [2.45, 2.75) is 19.0 Å². The van der Waals surface area contributed by atoms with Gasteiger partial charge in [0.05, 0.1) is 0 Å². The maximum atomic E-state index is 2.81. The Kier molecular flexibility index (Phi) is 0.682. The van der Waals surface area contributed by atoms with E-state index < -0.39 is 0 Å². The smallest absolute Gasteiger partial charge is 0.0236 e. The molecule has 1 saturated carbocycles. The topological polar surface area (TPSA) is 0 Å². The molecule has 0 aromatic heterocycles. The van der Waals surface area contributed by atoms with Crippen molar-refractivity contribution in [1.82, 2.24) is 0 Å². The first-order valence-corrected chi connectivity index (χ1v) is 2.73. The van der Waals surface area contributed by atoms with Crippen LogP contribution in [0.3, 0.4) is 0 Å². The van der Waals surface area contributed by atoms with Crippen LogP contribution >= 0.6 is 9.24 Å². The molecule has 0 bridgehead atoms. The van der Waals surface area contributed by atoms with Gasteiger partial charge in [-0.3, -0.25) is 0 Å². The first kappa shape index (κ1) is 3.61. The molecule has 3 atom stereocenters. The fraction of sp³-hybridized carbons (Fsp3) is 1.00. The van der Waals surface area contributed by atoms with Gasteiger partial charge in [0.25, 0.3) is 0 Å². The van der Waals surface area contributed by atoms with Crippen LogP contribution in [-0.4, -0.2) is 5.66 Å². The molecule has 1 fully saturated rings. The molecule has 0 N–H and O–H groups in total. The van der Waals surface area contributed by atoms with E-state index >= 15 is 0 Å². The van der Waals surface area contributed by atoms with Crippen molar-refractivity contribution < 1.29 is 0 Å². The highest BCUT2D eigenvalue weighted by Gasteiger charge is 2.26. The zero-order valence-electron chi connectivity index (χ0n) is 3.44. The first-order chi connectivity index (χ1) is 2.30. The van der Waals surface area contributed by atoms with Gasteiger partial charge in [0.15, 0.2) is 0 Å². The van der Waals surface area contributed by atoms with Crippen LogP contribution in [-0.2, 0) is 0 Å². The monoisotopic (exact) mass is 88.0 g/mol. The third-order valence-corrected chi connectivity index (χ3v) is 2.10. The second-order valence-corrected chi connectivity index (χ2v) is 2.73. The molecule has 0 aliphatic heterocycles. The Hall–Kier alpha value is 0.430. The Morgan fingerprint density at radius 1 is 1.80 bits per heavy atom. The number of hydrogen-bond acceptors (Lipinski definition) is 0. The molecule has 0 aromatic carbocycles. The van der Waals surface area contributed by atoms with Gasteiger partial charge < -0.3 is 0 Å². The Bertz CT molecular complexity index is 36.9.